The molecule has 1 saturated heterocycles. The van der Waals surface area contributed by atoms with E-state index < -0.39 is 4.99 Å². The Morgan fingerprint density at radius 1 is 1.41 bits per heavy atom. The van der Waals surface area contributed by atoms with Crippen molar-refractivity contribution in [2.75, 3.05) is 18.5 Å². The van der Waals surface area contributed by atoms with Gasteiger partial charge in [0.05, 0.1) is 6.54 Å². The van der Waals surface area contributed by atoms with Gasteiger partial charge >= 0.3 is 6.09 Å². The molecule has 1 amide bonds. The number of cyclic esters (lactones) is 1. The molecule has 0 saturated carbocycles. The number of thiol groups is 1. The number of amides is 1. The quantitative estimate of drug-likeness (QED) is 0.748. The number of hydrogen-bond acceptors (Lipinski definition) is 4. The molecule has 4 nitrogen and oxygen atoms in total. The Bertz CT molecular complexity index is 503. The van der Waals surface area contributed by atoms with Crippen LogP contribution in [0.5, 0.6) is 0 Å². The molecule has 0 aromatic heterocycles. The first-order chi connectivity index (χ1) is 8.19. The highest BCUT2D eigenvalue weighted by Gasteiger charge is 2.40. The van der Waals surface area contributed by atoms with Crippen LogP contribution in [0.2, 0.25) is 0 Å². The number of ether oxygens (including phenoxy) is 1. The summed E-state index contributed by atoms with van der Waals surface area (Å²) in [6.07, 6.45) is 3.49. The largest absolute Gasteiger partial charge is 0.447 e. The van der Waals surface area contributed by atoms with Gasteiger partial charge in [-0.2, -0.15) is 0 Å². The second-order valence-electron chi connectivity index (χ2n) is 4.04. The Morgan fingerprint density at radius 3 is 3.00 bits per heavy atom. The van der Waals surface area contributed by atoms with Crippen LogP contribution in [0.1, 0.15) is 5.56 Å². The van der Waals surface area contributed by atoms with Gasteiger partial charge in [0.15, 0.2) is 4.99 Å². The van der Waals surface area contributed by atoms with Gasteiger partial charge in [-0.3, -0.25) is 4.90 Å². The monoisotopic (exact) mass is 248 g/mol. The molecule has 0 aliphatic carbocycles. The Labute approximate surface area is 105 Å². The van der Waals surface area contributed by atoms with Gasteiger partial charge in [-0.25, -0.2) is 4.79 Å². The maximum atomic E-state index is 11.6. The van der Waals surface area contributed by atoms with Crippen molar-refractivity contribution < 1.29 is 9.53 Å². The number of nitrogens with zero attached hydrogens (tertiary/aromatic N) is 1. The van der Waals surface area contributed by atoms with E-state index in [0.717, 1.165) is 11.3 Å². The zero-order chi connectivity index (χ0) is 11.9. The molecule has 2 heterocycles. The fraction of sp³-hybridized carbons (Fsp3) is 0.250. The highest BCUT2D eigenvalue weighted by atomic mass is 32.1. The molecular weight excluding hydrogens is 236 g/mol. The van der Waals surface area contributed by atoms with Crippen molar-refractivity contribution in [2.45, 2.75) is 4.99 Å². The van der Waals surface area contributed by atoms with Gasteiger partial charge in [0, 0.05) is 5.69 Å². The summed E-state index contributed by atoms with van der Waals surface area (Å²) in [7, 11) is 0. The van der Waals surface area contributed by atoms with E-state index in [4.69, 9.17) is 4.74 Å². The lowest BCUT2D eigenvalue weighted by atomic mass is 10.1. The number of benzene rings is 1. The van der Waals surface area contributed by atoms with Gasteiger partial charge in [0.2, 0.25) is 0 Å². The minimum atomic E-state index is -0.804. The number of fused-ring (bicyclic) bond motifs is 1. The summed E-state index contributed by atoms with van der Waals surface area (Å²) >= 11 is 4.56. The van der Waals surface area contributed by atoms with Gasteiger partial charge in [-0.05, 0) is 17.7 Å². The number of anilines is 1. The molecule has 0 radical (unpaired) electrons. The molecule has 0 bridgehead atoms. The van der Waals surface area contributed by atoms with Crippen molar-refractivity contribution in [3.8, 4) is 0 Å². The molecule has 2 aliphatic heterocycles. The zero-order valence-electron chi connectivity index (χ0n) is 9.09. The Hall–Kier alpha value is -1.62. The number of nitrogens with one attached hydrogen (secondary N) is 1. The number of hydrogen-bond donors (Lipinski definition) is 2. The van der Waals surface area contributed by atoms with E-state index in [1.165, 1.54) is 0 Å². The zero-order valence-corrected chi connectivity index (χ0v) is 9.98. The standard InChI is InChI=1S/C12H12N2O2S/c15-11-14(7-8-16-11)12(17)6-5-9-3-1-2-4-10(9)13-12/h1-6,13,17H,7-8H2. The Morgan fingerprint density at radius 2 is 2.24 bits per heavy atom. The molecule has 1 aromatic rings. The summed E-state index contributed by atoms with van der Waals surface area (Å²) in [5, 5.41) is 3.25. The van der Waals surface area contributed by atoms with Crippen LogP contribution in [0.3, 0.4) is 0 Å². The van der Waals surface area contributed by atoms with Crippen molar-refractivity contribution >= 4 is 30.5 Å². The SMILES string of the molecule is O=C1OCCN1C1(S)C=Cc2ccccc2N1. The minimum Gasteiger partial charge on any atom is -0.447 e. The highest BCUT2D eigenvalue weighted by Crippen LogP contribution is 2.34. The second kappa shape index (κ2) is 3.70. The van der Waals surface area contributed by atoms with E-state index in [1.54, 1.807) is 4.90 Å². The molecule has 1 atom stereocenters. The molecular formula is C12H12N2O2S. The maximum absolute atomic E-state index is 11.6. The van der Waals surface area contributed by atoms with Crippen LogP contribution in [-0.4, -0.2) is 29.1 Å². The van der Waals surface area contributed by atoms with E-state index >= 15 is 0 Å². The third-order valence-corrected chi connectivity index (χ3v) is 3.45. The predicted molar refractivity (Wildman–Crippen MR) is 68.9 cm³/mol. The second-order valence-corrected chi connectivity index (χ2v) is 4.72. The summed E-state index contributed by atoms with van der Waals surface area (Å²) in [6.45, 7) is 0.958. The van der Waals surface area contributed by atoms with Gasteiger partial charge in [-0.1, -0.05) is 24.3 Å². The van der Waals surface area contributed by atoms with Crippen molar-refractivity contribution in [3.05, 3.63) is 35.9 Å². The fourth-order valence-corrected chi connectivity index (χ4v) is 2.44. The summed E-state index contributed by atoms with van der Waals surface area (Å²) in [5.74, 6) is 0. The Kier molecular flexibility index (Phi) is 2.29. The topological polar surface area (TPSA) is 41.6 Å². The van der Waals surface area contributed by atoms with Crippen LogP contribution in [0, 0.1) is 0 Å². The first kappa shape index (κ1) is 10.5. The van der Waals surface area contributed by atoms with Gasteiger partial charge in [-0.15, -0.1) is 12.6 Å². The van der Waals surface area contributed by atoms with E-state index in [9.17, 15) is 4.79 Å². The summed E-state index contributed by atoms with van der Waals surface area (Å²) in [5.41, 5.74) is 2.05. The van der Waals surface area contributed by atoms with Crippen LogP contribution in [-0.2, 0) is 4.74 Å². The smallest absolute Gasteiger partial charge is 0.412 e. The molecule has 1 fully saturated rings. The van der Waals surface area contributed by atoms with Crippen molar-refractivity contribution in [1.82, 2.24) is 4.90 Å². The van der Waals surface area contributed by atoms with E-state index in [1.807, 2.05) is 36.4 Å². The Balaban J connectivity index is 1.95. The average Bonchev–Trinajstić information content (AvgIpc) is 2.76. The first-order valence-electron chi connectivity index (χ1n) is 5.42. The lowest BCUT2D eigenvalue weighted by Crippen LogP contribution is -2.50. The van der Waals surface area contributed by atoms with E-state index in [0.29, 0.717) is 13.2 Å². The van der Waals surface area contributed by atoms with Crippen molar-refractivity contribution in [2.24, 2.45) is 0 Å². The molecule has 1 unspecified atom stereocenters. The van der Waals surface area contributed by atoms with Crippen molar-refractivity contribution in [3.63, 3.8) is 0 Å². The van der Waals surface area contributed by atoms with Crippen molar-refractivity contribution in [1.29, 1.82) is 0 Å². The number of carbonyl (C=O) groups excluding carboxylic acids is 1. The molecule has 5 heteroatoms. The minimum absolute atomic E-state index is 0.337. The van der Waals surface area contributed by atoms with Crippen LogP contribution >= 0.6 is 12.6 Å². The van der Waals surface area contributed by atoms with Crippen LogP contribution in [0.4, 0.5) is 10.5 Å². The predicted octanol–water partition coefficient (Wildman–Crippen LogP) is 2.16. The summed E-state index contributed by atoms with van der Waals surface area (Å²) in [6, 6.07) is 7.89. The third-order valence-electron chi connectivity index (χ3n) is 2.95. The summed E-state index contributed by atoms with van der Waals surface area (Å²) < 4.78 is 4.94. The normalized spacial score (nSPS) is 26.4. The number of carbonyl (C=O) groups is 1. The molecule has 3 rings (SSSR count). The van der Waals surface area contributed by atoms with E-state index in [-0.39, 0.29) is 6.09 Å². The van der Waals surface area contributed by atoms with Gasteiger partial charge < -0.3 is 10.1 Å². The van der Waals surface area contributed by atoms with Crippen LogP contribution in [0.15, 0.2) is 30.3 Å². The molecule has 0 spiro atoms. The first-order valence-corrected chi connectivity index (χ1v) is 5.87. The van der Waals surface area contributed by atoms with Crippen LogP contribution in [0.25, 0.3) is 6.08 Å². The third kappa shape index (κ3) is 1.67. The lowest BCUT2D eigenvalue weighted by Gasteiger charge is -2.37. The average molecular weight is 248 g/mol. The molecule has 17 heavy (non-hydrogen) atoms. The molecule has 1 N–H and O–H groups in total. The van der Waals surface area contributed by atoms with Gasteiger partial charge in [0.25, 0.3) is 0 Å². The van der Waals surface area contributed by atoms with Gasteiger partial charge in [0.1, 0.15) is 6.61 Å². The maximum Gasteiger partial charge on any atom is 0.412 e. The van der Waals surface area contributed by atoms with E-state index in [2.05, 4.69) is 17.9 Å². The van der Waals surface area contributed by atoms with Crippen LogP contribution < -0.4 is 5.32 Å². The summed E-state index contributed by atoms with van der Waals surface area (Å²) in [4.78, 5) is 12.3. The molecule has 2 aliphatic rings. The fourth-order valence-electron chi connectivity index (χ4n) is 2.06. The highest BCUT2D eigenvalue weighted by molar-refractivity contribution is 7.82. The molecule has 1 aromatic carbocycles. The number of para-hydroxylation sites is 1. The molecule has 88 valence electrons. The lowest BCUT2D eigenvalue weighted by molar-refractivity contribution is 0.152. The number of rotatable bonds is 1.